The summed E-state index contributed by atoms with van der Waals surface area (Å²) in [5.74, 6) is -0.0644. The minimum Gasteiger partial charge on any atom is -0.361 e. The summed E-state index contributed by atoms with van der Waals surface area (Å²) in [4.78, 5) is 22.9. The number of H-pyrrole nitrogens is 1. The first-order valence-electron chi connectivity index (χ1n) is 14.7. The van der Waals surface area contributed by atoms with E-state index in [1.165, 1.54) is 51.4 Å². The summed E-state index contributed by atoms with van der Waals surface area (Å²) in [7, 11) is -3.92. The third kappa shape index (κ3) is 5.74. The lowest BCUT2D eigenvalue weighted by Gasteiger charge is -2.16. The van der Waals surface area contributed by atoms with Gasteiger partial charge in [-0.2, -0.15) is 13.4 Å². The standard InChI is InChI=1S/C33H31N5O3S3/c1-21-10-14-26(15-11-21)44(40,41)37-32-36-33-38(43-32)31(24-13-12-22-6-2-3-7-23(22)18-24)29(42-33)19-30(39)34-17-16-25-20-35-28-9-5-4-8-27(25)28/h4-5,8-15,18,20,35H,2-3,6-7,16-17,19H2,1H3,(H,34,39). The monoisotopic (exact) mass is 641 g/mol. The molecule has 1 aliphatic rings. The lowest BCUT2D eigenvalue weighted by Crippen LogP contribution is -2.27. The van der Waals surface area contributed by atoms with Gasteiger partial charge in [0.25, 0.3) is 10.0 Å². The summed E-state index contributed by atoms with van der Waals surface area (Å²) < 4.78 is 32.1. The number of hydrogen-bond acceptors (Lipinski definition) is 6. The molecule has 1 amide bonds. The summed E-state index contributed by atoms with van der Waals surface area (Å²) in [5, 5.41) is 4.26. The lowest BCUT2D eigenvalue weighted by molar-refractivity contribution is -0.120. The van der Waals surface area contributed by atoms with Crippen LogP contribution < -0.4 is 10.1 Å². The van der Waals surface area contributed by atoms with Gasteiger partial charge in [-0.25, -0.2) is 3.79 Å². The zero-order chi connectivity index (χ0) is 30.3. The maximum atomic E-state index is 13.2. The molecule has 0 radical (unpaired) electrons. The molecule has 3 aromatic carbocycles. The van der Waals surface area contributed by atoms with E-state index in [-0.39, 0.29) is 22.0 Å². The largest absolute Gasteiger partial charge is 0.361 e. The van der Waals surface area contributed by atoms with Crippen LogP contribution in [0, 0.1) is 6.92 Å². The Morgan fingerprint density at radius 2 is 1.84 bits per heavy atom. The molecule has 1 aliphatic carbocycles. The van der Waals surface area contributed by atoms with E-state index in [0.29, 0.717) is 11.5 Å². The van der Waals surface area contributed by atoms with Crippen LogP contribution >= 0.6 is 22.9 Å². The van der Waals surface area contributed by atoms with E-state index in [9.17, 15) is 13.2 Å². The Bertz CT molecular complexity index is 2190. The van der Waals surface area contributed by atoms with E-state index in [4.69, 9.17) is 0 Å². The van der Waals surface area contributed by atoms with Crippen molar-refractivity contribution in [2.24, 2.45) is 4.40 Å². The molecular formula is C33H31N5O3S3. The van der Waals surface area contributed by atoms with Crippen LogP contribution in [0.25, 0.3) is 27.1 Å². The Labute approximate surface area is 263 Å². The van der Waals surface area contributed by atoms with Gasteiger partial charge in [-0.05, 0) is 91.5 Å². The van der Waals surface area contributed by atoms with Gasteiger partial charge in [0.1, 0.15) is 0 Å². The Hall–Kier alpha value is -4.06. The molecular weight excluding hydrogens is 611 g/mol. The van der Waals surface area contributed by atoms with Crippen molar-refractivity contribution in [1.29, 1.82) is 0 Å². The van der Waals surface area contributed by atoms with Crippen LogP contribution in [0.3, 0.4) is 0 Å². The maximum absolute atomic E-state index is 13.2. The number of fused-ring (bicyclic) bond motifs is 3. The van der Waals surface area contributed by atoms with Crippen LogP contribution in [0.1, 0.15) is 40.0 Å². The molecule has 0 spiro atoms. The van der Waals surface area contributed by atoms with Crippen molar-refractivity contribution in [1.82, 2.24) is 19.1 Å². The molecule has 44 heavy (non-hydrogen) atoms. The second-order valence-electron chi connectivity index (χ2n) is 11.1. The number of aromatic nitrogens is 3. The first kappa shape index (κ1) is 28.7. The molecule has 2 N–H and O–H groups in total. The topological polar surface area (TPSA) is 109 Å². The van der Waals surface area contributed by atoms with Gasteiger partial charge in [-0.1, -0.05) is 59.4 Å². The minimum atomic E-state index is -3.92. The molecule has 0 bridgehead atoms. The summed E-state index contributed by atoms with van der Waals surface area (Å²) in [6.07, 6.45) is 7.40. The highest BCUT2D eigenvalue weighted by Gasteiger charge is 2.22. The minimum absolute atomic E-state index is 0.0644. The number of carbonyl (C=O) groups is 1. The Kier molecular flexibility index (Phi) is 7.69. The SMILES string of the molecule is Cc1ccc(S(=O)(=O)N=c2nc3sc(CC(=O)NCCc4c[nH]c5ccccc45)c(-c4ccc5c(c4)CCCC5)n3s2)cc1. The van der Waals surface area contributed by atoms with Crippen molar-refractivity contribution in [3.05, 3.63) is 105 Å². The number of nitrogens with one attached hydrogen (secondary N) is 2. The number of nitrogens with zero attached hydrogens (tertiary/aromatic N) is 3. The third-order valence-corrected chi connectivity index (χ3v) is 11.5. The quantitative estimate of drug-likeness (QED) is 0.213. The zero-order valence-corrected chi connectivity index (χ0v) is 26.6. The van der Waals surface area contributed by atoms with Gasteiger partial charge in [-0.3, -0.25) is 4.79 Å². The van der Waals surface area contributed by atoms with Gasteiger partial charge in [0.2, 0.25) is 15.7 Å². The smallest absolute Gasteiger partial charge is 0.285 e. The predicted molar refractivity (Wildman–Crippen MR) is 176 cm³/mol. The third-order valence-electron chi connectivity index (χ3n) is 8.07. The van der Waals surface area contributed by atoms with Crippen molar-refractivity contribution in [3.63, 3.8) is 0 Å². The second-order valence-corrected chi connectivity index (χ2v) is 14.7. The number of para-hydroxylation sites is 1. The van der Waals surface area contributed by atoms with Gasteiger partial charge >= 0.3 is 0 Å². The normalized spacial score (nSPS) is 13.9. The number of thiazole rings is 1. The molecule has 224 valence electrons. The molecule has 0 saturated heterocycles. The number of aryl methyl sites for hydroxylation is 3. The van der Waals surface area contributed by atoms with Crippen LogP contribution in [-0.2, 0) is 40.5 Å². The Balaban J connectivity index is 1.19. The van der Waals surface area contributed by atoms with E-state index < -0.39 is 10.0 Å². The molecule has 0 aliphatic heterocycles. The molecule has 0 saturated carbocycles. The van der Waals surface area contributed by atoms with Crippen LogP contribution in [0.4, 0.5) is 0 Å². The average Bonchev–Trinajstić information content (AvgIpc) is 3.69. The fourth-order valence-corrected chi connectivity index (χ4v) is 9.16. The lowest BCUT2D eigenvalue weighted by atomic mass is 9.90. The van der Waals surface area contributed by atoms with Gasteiger partial charge in [0.15, 0.2) is 0 Å². The highest BCUT2D eigenvalue weighted by atomic mass is 32.2. The molecule has 3 heterocycles. The summed E-state index contributed by atoms with van der Waals surface area (Å²) >= 11 is 2.58. The molecule has 11 heteroatoms. The van der Waals surface area contributed by atoms with E-state index in [1.807, 2.05) is 35.1 Å². The average molecular weight is 642 g/mol. The van der Waals surface area contributed by atoms with Crippen molar-refractivity contribution in [2.75, 3.05) is 6.54 Å². The number of rotatable bonds is 8. The zero-order valence-electron chi connectivity index (χ0n) is 24.2. The van der Waals surface area contributed by atoms with Crippen molar-refractivity contribution in [3.8, 4) is 11.3 Å². The first-order chi connectivity index (χ1) is 21.3. The highest BCUT2D eigenvalue weighted by Crippen LogP contribution is 2.35. The van der Waals surface area contributed by atoms with Gasteiger partial charge in [0, 0.05) is 34.1 Å². The van der Waals surface area contributed by atoms with Crippen molar-refractivity contribution in [2.45, 2.75) is 50.3 Å². The van der Waals surface area contributed by atoms with E-state index in [1.54, 1.807) is 24.3 Å². The number of hydrogen-bond donors (Lipinski definition) is 2. The number of amides is 1. The molecule has 7 rings (SSSR count). The molecule has 8 nitrogen and oxygen atoms in total. The Morgan fingerprint density at radius 1 is 1.05 bits per heavy atom. The fourth-order valence-electron chi connectivity index (χ4n) is 5.81. The molecule has 6 aromatic rings. The molecule has 3 aromatic heterocycles. The summed E-state index contributed by atoms with van der Waals surface area (Å²) in [5.41, 5.74) is 7.81. The number of aromatic amines is 1. The van der Waals surface area contributed by atoms with E-state index in [2.05, 4.69) is 43.9 Å². The maximum Gasteiger partial charge on any atom is 0.285 e. The van der Waals surface area contributed by atoms with Crippen LogP contribution in [-0.4, -0.2) is 34.6 Å². The first-order valence-corrected chi connectivity index (χ1v) is 17.7. The van der Waals surface area contributed by atoms with Crippen molar-refractivity contribution >= 4 is 54.7 Å². The van der Waals surface area contributed by atoms with Crippen molar-refractivity contribution < 1.29 is 13.2 Å². The summed E-state index contributed by atoms with van der Waals surface area (Å²) in [6, 6.07) is 21.3. The summed E-state index contributed by atoms with van der Waals surface area (Å²) in [6.45, 7) is 2.43. The number of sulfonamides is 1. The fraction of sp³-hybridized carbons (Fsp3) is 0.242. The molecule has 0 fully saturated rings. The van der Waals surface area contributed by atoms with Crippen LogP contribution in [0.2, 0.25) is 0 Å². The van der Waals surface area contributed by atoms with Crippen LogP contribution in [0.5, 0.6) is 0 Å². The van der Waals surface area contributed by atoms with Gasteiger partial charge in [-0.15, -0.1) is 4.40 Å². The Morgan fingerprint density at radius 3 is 2.68 bits per heavy atom. The van der Waals surface area contributed by atoms with Gasteiger partial charge in [0.05, 0.1) is 17.0 Å². The van der Waals surface area contributed by atoms with E-state index in [0.717, 1.165) is 52.9 Å². The van der Waals surface area contributed by atoms with Gasteiger partial charge < -0.3 is 10.3 Å². The predicted octanol–water partition coefficient (Wildman–Crippen LogP) is 5.98. The number of benzene rings is 3. The second kappa shape index (κ2) is 11.8. The highest BCUT2D eigenvalue weighted by molar-refractivity contribution is 7.90. The van der Waals surface area contributed by atoms with E-state index >= 15 is 0 Å². The van der Waals surface area contributed by atoms with Crippen LogP contribution in [0.15, 0.2) is 82.2 Å². The number of carbonyl (C=O) groups excluding carboxylic acids is 1. The molecule has 0 atom stereocenters. The molecule has 0 unspecified atom stereocenters.